The van der Waals surface area contributed by atoms with Gasteiger partial charge in [0, 0.05) is 13.1 Å². The quantitative estimate of drug-likeness (QED) is 0.796. The molecule has 0 aliphatic carbocycles. The largest absolute Gasteiger partial charge is 0.478 e. The van der Waals surface area contributed by atoms with Crippen LogP contribution in [0.2, 0.25) is 0 Å². The van der Waals surface area contributed by atoms with Gasteiger partial charge in [-0.2, -0.15) is 0 Å². The Hall–Kier alpha value is -2.28. The molecule has 0 fully saturated rings. The topological polar surface area (TPSA) is 57.6 Å². The predicted octanol–water partition coefficient (Wildman–Crippen LogP) is 1.29. The minimum absolute atomic E-state index is 0.0797. The molecule has 1 heterocycles. The molecule has 0 atom stereocenters. The zero-order valence-electron chi connectivity index (χ0n) is 9.85. The van der Waals surface area contributed by atoms with Crippen molar-refractivity contribution in [3.05, 3.63) is 34.9 Å². The van der Waals surface area contributed by atoms with Gasteiger partial charge in [0.2, 0.25) is 5.91 Å². The van der Waals surface area contributed by atoms with Gasteiger partial charge in [-0.25, -0.2) is 4.79 Å². The van der Waals surface area contributed by atoms with Crippen LogP contribution in [0.3, 0.4) is 0 Å². The molecule has 0 bridgehead atoms. The molecule has 92 valence electrons. The van der Waals surface area contributed by atoms with Gasteiger partial charge in [0.15, 0.2) is 0 Å². The summed E-state index contributed by atoms with van der Waals surface area (Å²) >= 11 is 0. The molecule has 1 aliphatic heterocycles. The lowest BCUT2D eigenvalue weighted by molar-refractivity contribution is -0.131. The fourth-order valence-electron chi connectivity index (χ4n) is 2.10. The molecule has 18 heavy (non-hydrogen) atoms. The van der Waals surface area contributed by atoms with Crippen LogP contribution in [-0.2, 0) is 17.8 Å². The minimum Gasteiger partial charge on any atom is -0.478 e. The van der Waals surface area contributed by atoms with Crippen LogP contribution in [0, 0.1) is 12.3 Å². The van der Waals surface area contributed by atoms with Crippen molar-refractivity contribution < 1.29 is 14.7 Å². The number of carbonyl (C=O) groups is 2. The lowest BCUT2D eigenvalue weighted by atomic mass is 9.97. The summed E-state index contributed by atoms with van der Waals surface area (Å²) in [7, 11) is 0. The minimum atomic E-state index is -0.954. The first-order chi connectivity index (χ1) is 8.61. The van der Waals surface area contributed by atoms with E-state index in [0.29, 0.717) is 13.1 Å². The van der Waals surface area contributed by atoms with Crippen LogP contribution < -0.4 is 0 Å². The summed E-state index contributed by atoms with van der Waals surface area (Å²) in [6.45, 7) is 1.08. The van der Waals surface area contributed by atoms with Crippen molar-refractivity contribution in [2.75, 3.05) is 6.54 Å². The van der Waals surface area contributed by atoms with Gasteiger partial charge in [0.25, 0.3) is 0 Å². The fourth-order valence-corrected chi connectivity index (χ4v) is 2.10. The van der Waals surface area contributed by atoms with E-state index in [9.17, 15) is 9.59 Å². The standard InChI is InChI=1S/C14H13NO3/c1-2-3-13(16)15-7-6-10-4-5-11(14(17)18)8-12(10)9-15/h1,4-5,8H,3,6-7,9H2,(H,17,18). The number of benzene rings is 1. The van der Waals surface area contributed by atoms with Crippen molar-refractivity contribution in [2.45, 2.75) is 19.4 Å². The second-order valence-corrected chi connectivity index (χ2v) is 4.23. The zero-order chi connectivity index (χ0) is 13.1. The molecule has 4 heteroatoms. The Morgan fingerprint density at radius 2 is 2.17 bits per heavy atom. The van der Waals surface area contributed by atoms with Crippen LogP contribution in [0.25, 0.3) is 0 Å². The number of fused-ring (bicyclic) bond motifs is 1. The molecule has 1 aliphatic rings. The van der Waals surface area contributed by atoms with E-state index in [0.717, 1.165) is 17.5 Å². The second kappa shape index (κ2) is 4.92. The third kappa shape index (κ3) is 2.35. The number of terminal acetylenes is 1. The molecule has 1 aromatic carbocycles. The van der Waals surface area contributed by atoms with Crippen molar-refractivity contribution in [3.63, 3.8) is 0 Å². The molecule has 0 aromatic heterocycles. The number of hydrogen-bond donors (Lipinski definition) is 1. The van der Waals surface area contributed by atoms with E-state index < -0.39 is 5.97 Å². The predicted molar refractivity (Wildman–Crippen MR) is 66.0 cm³/mol. The number of rotatable bonds is 2. The Morgan fingerprint density at radius 1 is 1.39 bits per heavy atom. The molecule has 4 nitrogen and oxygen atoms in total. The van der Waals surface area contributed by atoms with Gasteiger partial charge in [0.1, 0.15) is 0 Å². The van der Waals surface area contributed by atoms with Crippen LogP contribution in [0.5, 0.6) is 0 Å². The van der Waals surface area contributed by atoms with Crippen LogP contribution >= 0.6 is 0 Å². The lowest BCUT2D eigenvalue weighted by Crippen LogP contribution is -2.35. The summed E-state index contributed by atoms with van der Waals surface area (Å²) in [5, 5.41) is 8.94. The summed E-state index contributed by atoms with van der Waals surface area (Å²) in [6, 6.07) is 5.05. The summed E-state index contributed by atoms with van der Waals surface area (Å²) in [4.78, 5) is 24.3. The first kappa shape index (κ1) is 12.2. The van der Waals surface area contributed by atoms with E-state index in [1.165, 1.54) is 0 Å². The average Bonchev–Trinajstić information content (AvgIpc) is 2.37. The van der Waals surface area contributed by atoms with E-state index in [-0.39, 0.29) is 17.9 Å². The summed E-state index contributed by atoms with van der Waals surface area (Å²) in [6.07, 6.45) is 5.95. The number of aromatic carboxylic acids is 1. The molecule has 0 spiro atoms. The highest BCUT2D eigenvalue weighted by Gasteiger charge is 2.20. The first-order valence-electron chi connectivity index (χ1n) is 5.68. The average molecular weight is 243 g/mol. The first-order valence-corrected chi connectivity index (χ1v) is 5.68. The van der Waals surface area contributed by atoms with Crippen LogP contribution in [0.4, 0.5) is 0 Å². The van der Waals surface area contributed by atoms with Gasteiger partial charge < -0.3 is 10.0 Å². The molecular weight excluding hydrogens is 230 g/mol. The molecule has 0 saturated heterocycles. The van der Waals surface area contributed by atoms with E-state index in [1.54, 1.807) is 17.0 Å². The maximum absolute atomic E-state index is 11.7. The Kier molecular flexibility index (Phi) is 3.33. The van der Waals surface area contributed by atoms with E-state index in [1.807, 2.05) is 6.07 Å². The third-order valence-corrected chi connectivity index (χ3v) is 3.07. The number of carboxylic acids is 1. The van der Waals surface area contributed by atoms with Gasteiger partial charge in [0.05, 0.1) is 12.0 Å². The Morgan fingerprint density at radius 3 is 2.83 bits per heavy atom. The number of nitrogens with zero attached hydrogens (tertiary/aromatic N) is 1. The van der Waals surface area contributed by atoms with Crippen LogP contribution in [-0.4, -0.2) is 28.4 Å². The normalized spacial score (nSPS) is 13.6. The fraction of sp³-hybridized carbons (Fsp3) is 0.286. The molecule has 2 rings (SSSR count). The number of amides is 1. The number of hydrogen-bond acceptors (Lipinski definition) is 2. The van der Waals surface area contributed by atoms with Gasteiger partial charge >= 0.3 is 5.97 Å². The van der Waals surface area contributed by atoms with Crippen molar-refractivity contribution in [2.24, 2.45) is 0 Å². The number of carboxylic acid groups (broad SMARTS) is 1. The molecule has 0 unspecified atom stereocenters. The van der Waals surface area contributed by atoms with E-state index in [2.05, 4.69) is 5.92 Å². The smallest absolute Gasteiger partial charge is 0.335 e. The van der Waals surface area contributed by atoms with Gasteiger partial charge in [-0.15, -0.1) is 6.42 Å². The third-order valence-electron chi connectivity index (χ3n) is 3.07. The van der Waals surface area contributed by atoms with Crippen molar-refractivity contribution in [3.8, 4) is 12.3 Å². The molecule has 0 saturated carbocycles. The molecule has 0 radical (unpaired) electrons. The van der Waals surface area contributed by atoms with Crippen molar-refractivity contribution >= 4 is 11.9 Å². The highest BCUT2D eigenvalue weighted by molar-refractivity contribution is 5.88. The Bertz CT molecular complexity index is 542. The Balaban J connectivity index is 2.22. The van der Waals surface area contributed by atoms with Crippen molar-refractivity contribution in [1.29, 1.82) is 0 Å². The SMILES string of the molecule is C#CCC(=O)N1CCc2ccc(C(=O)O)cc2C1. The highest BCUT2D eigenvalue weighted by Crippen LogP contribution is 2.21. The second-order valence-electron chi connectivity index (χ2n) is 4.23. The summed E-state index contributed by atoms with van der Waals surface area (Å²) in [5.74, 6) is 1.30. The molecule has 1 N–H and O–H groups in total. The Labute approximate surface area is 105 Å². The van der Waals surface area contributed by atoms with Crippen LogP contribution in [0.15, 0.2) is 18.2 Å². The monoisotopic (exact) mass is 243 g/mol. The summed E-state index contributed by atoms with van der Waals surface area (Å²) in [5.41, 5.74) is 2.25. The van der Waals surface area contributed by atoms with Crippen LogP contribution in [0.1, 0.15) is 27.9 Å². The zero-order valence-corrected chi connectivity index (χ0v) is 9.85. The van der Waals surface area contributed by atoms with Gasteiger partial charge in [-0.1, -0.05) is 12.0 Å². The maximum atomic E-state index is 11.7. The summed E-state index contributed by atoms with van der Waals surface area (Å²) < 4.78 is 0. The van der Waals surface area contributed by atoms with Gasteiger partial charge in [-0.3, -0.25) is 4.79 Å². The molecular formula is C14H13NO3. The van der Waals surface area contributed by atoms with Gasteiger partial charge in [-0.05, 0) is 29.7 Å². The highest BCUT2D eigenvalue weighted by atomic mass is 16.4. The maximum Gasteiger partial charge on any atom is 0.335 e. The van der Waals surface area contributed by atoms with E-state index >= 15 is 0 Å². The molecule has 1 aromatic rings. The van der Waals surface area contributed by atoms with E-state index in [4.69, 9.17) is 11.5 Å². The molecule has 1 amide bonds. The van der Waals surface area contributed by atoms with Crippen molar-refractivity contribution in [1.82, 2.24) is 4.90 Å². The lowest BCUT2D eigenvalue weighted by Gasteiger charge is -2.28. The number of carbonyl (C=O) groups excluding carboxylic acids is 1.